The summed E-state index contributed by atoms with van der Waals surface area (Å²) >= 11 is 6.02. The molecule has 0 bridgehead atoms. The van der Waals surface area contributed by atoms with Crippen molar-refractivity contribution in [3.8, 4) is 0 Å². The molecule has 0 spiro atoms. The minimum Gasteiger partial charge on any atom is -0.381 e. The number of carbonyl (C=O) groups excluding carboxylic acids is 1. The number of rotatable bonds is 5. The molecule has 0 radical (unpaired) electrons. The molecule has 2 heterocycles. The molecule has 7 nitrogen and oxygen atoms in total. The number of aryl methyl sites for hydroxylation is 1. The summed E-state index contributed by atoms with van der Waals surface area (Å²) in [5.41, 5.74) is 1.13. The Hall–Kier alpha value is -2.12. The lowest BCUT2D eigenvalue weighted by molar-refractivity contribution is 0.0625. The molecule has 8 heteroatoms. The van der Waals surface area contributed by atoms with E-state index >= 15 is 0 Å². The van der Waals surface area contributed by atoms with Gasteiger partial charge in [-0.2, -0.15) is 0 Å². The summed E-state index contributed by atoms with van der Waals surface area (Å²) in [5, 5.41) is 12.7. The van der Waals surface area contributed by atoms with Crippen LogP contribution in [0.3, 0.4) is 0 Å². The highest BCUT2D eigenvalue weighted by Crippen LogP contribution is 2.32. The number of nitrogens with one attached hydrogen (secondary N) is 1. The molecule has 1 aliphatic heterocycles. The van der Waals surface area contributed by atoms with Crippen LogP contribution in [0.15, 0.2) is 24.3 Å². The van der Waals surface area contributed by atoms with Gasteiger partial charge in [0.15, 0.2) is 5.82 Å². The highest BCUT2D eigenvalue weighted by molar-refractivity contribution is 6.30. The molecule has 1 aliphatic carbocycles. The number of carbonyl (C=O) groups is 1. The van der Waals surface area contributed by atoms with Gasteiger partial charge in [-0.1, -0.05) is 23.7 Å². The number of ether oxygens (including phenoxy) is 1. The quantitative estimate of drug-likeness (QED) is 0.773. The number of aromatic nitrogens is 3. The molecule has 30 heavy (non-hydrogen) atoms. The van der Waals surface area contributed by atoms with Crippen LogP contribution in [0.4, 0.5) is 4.79 Å². The van der Waals surface area contributed by atoms with E-state index in [1.54, 1.807) is 7.11 Å². The summed E-state index contributed by atoms with van der Waals surface area (Å²) < 4.78 is 7.56. The molecule has 0 unspecified atom stereocenters. The van der Waals surface area contributed by atoms with E-state index in [-0.39, 0.29) is 18.1 Å². The van der Waals surface area contributed by atoms with E-state index in [1.807, 2.05) is 36.1 Å². The van der Waals surface area contributed by atoms with Crippen molar-refractivity contribution in [1.82, 2.24) is 25.0 Å². The standard InChI is InChI=1S/C22H30ClN5O2/c1-15-25-26-21(28(15)14-16-5-7-17(23)8-6-16)20-4-3-13-27(20)22(29)24-18-9-11-19(30-2)12-10-18/h5-8,18-20H,3-4,9-14H2,1-2H3,(H,24,29)/t18?,19?,20-/m1/s1. The summed E-state index contributed by atoms with van der Waals surface area (Å²) in [5.74, 6) is 1.71. The molecule has 1 saturated carbocycles. The summed E-state index contributed by atoms with van der Waals surface area (Å²) in [7, 11) is 1.76. The fraction of sp³-hybridized carbons (Fsp3) is 0.591. The first-order valence-electron chi connectivity index (χ1n) is 10.8. The molecular formula is C22H30ClN5O2. The second kappa shape index (κ2) is 9.35. The number of amides is 2. The van der Waals surface area contributed by atoms with Gasteiger partial charge in [0.1, 0.15) is 5.82 Å². The van der Waals surface area contributed by atoms with Crippen molar-refractivity contribution in [1.29, 1.82) is 0 Å². The van der Waals surface area contributed by atoms with Crippen LogP contribution in [0.1, 0.15) is 61.8 Å². The van der Waals surface area contributed by atoms with Gasteiger partial charge in [-0.25, -0.2) is 4.79 Å². The minimum absolute atomic E-state index is 0.0112. The third-order valence-corrected chi connectivity index (χ3v) is 6.62. The van der Waals surface area contributed by atoms with E-state index in [1.165, 1.54) is 0 Å². The molecule has 1 aromatic carbocycles. The van der Waals surface area contributed by atoms with Crippen molar-refractivity contribution in [2.24, 2.45) is 0 Å². The first kappa shape index (κ1) is 21.1. The van der Waals surface area contributed by atoms with Crippen molar-refractivity contribution in [2.45, 2.75) is 70.2 Å². The summed E-state index contributed by atoms with van der Waals surface area (Å²) in [6.07, 6.45) is 6.14. The predicted molar refractivity (Wildman–Crippen MR) is 116 cm³/mol. The zero-order valence-electron chi connectivity index (χ0n) is 17.7. The molecular weight excluding hydrogens is 402 g/mol. The monoisotopic (exact) mass is 431 g/mol. The zero-order valence-corrected chi connectivity index (χ0v) is 18.4. The number of hydrogen-bond acceptors (Lipinski definition) is 4. The van der Waals surface area contributed by atoms with E-state index < -0.39 is 0 Å². The van der Waals surface area contributed by atoms with Crippen LogP contribution >= 0.6 is 11.6 Å². The third-order valence-electron chi connectivity index (χ3n) is 6.37. The number of urea groups is 1. The Kier molecular flexibility index (Phi) is 6.58. The molecule has 2 fully saturated rings. The second-order valence-electron chi connectivity index (χ2n) is 8.33. The molecule has 1 saturated heterocycles. The van der Waals surface area contributed by atoms with Crippen LogP contribution in [0.5, 0.6) is 0 Å². The molecule has 4 rings (SSSR count). The van der Waals surface area contributed by atoms with Gasteiger partial charge in [-0.3, -0.25) is 0 Å². The van der Waals surface area contributed by atoms with E-state index in [0.717, 1.165) is 67.3 Å². The molecule has 2 amide bonds. The van der Waals surface area contributed by atoms with Crippen LogP contribution in [-0.2, 0) is 11.3 Å². The Bertz CT molecular complexity index is 861. The number of benzene rings is 1. The Morgan fingerprint density at radius 1 is 1.17 bits per heavy atom. The molecule has 1 aromatic heterocycles. The number of nitrogens with zero attached hydrogens (tertiary/aromatic N) is 4. The van der Waals surface area contributed by atoms with Crippen molar-refractivity contribution in [3.63, 3.8) is 0 Å². The fourth-order valence-electron chi connectivity index (χ4n) is 4.59. The normalized spacial score (nSPS) is 24.2. The molecule has 1 atom stereocenters. The second-order valence-corrected chi connectivity index (χ2v) is 8.76. The average molecular weight is 432 g/mol. The number of likely N-dealkylation sites (tertiary alicyclic amines) is 1. The zero-order chi connectivity index (χ0) is 21.1. The van der Waals surface area contributed by atoms with Gasteiger partial charge in [0, 0.05) is 24.7 Å². The van der Waals surface area contributed by atoms with Crippen LogP contribution in [-0.4, -0.2) is 51.5 Å². The van der Waals surface area contributed by atoms with Gasteiger partial charge in [0.05, 0.1) is 18.7 Å². The third kappa shape index (κ3) is 4.62. The summed E-state index contributed by atoms with van der Waals surface area (Å²) in [4.78, 5) is 15.0. The predicted octanol–water partition coefficient (Wildman–Crippen LogP) is 4.09. The lowest BCUT2D eigenvalue weighted by Crippen LogP contribution is -2.46. The van der Waals surface area contributed by atoms with Crippen LogP contribution < -0.4 is 5.32 Å². The lowest BCUT2D eigenvalue weighted by Gasteiger charge is -2.31. The van der Waals surface area contributed by atoms with E-state index in [0.29, 0.717) is 12.6 Å². The van der Waals surface area contributed by atoms with Gasteiger partial charge in [0.25, 0.3) is 0 Å². The smallest absolute Gasteiger partial charge is 0.318 e. The maximum atomic E-state index is 13.1. The van der Waals surface area contributed by atoms with Gasteiger partial charge < -0.3 is 19.5 Å². The van der Waals surface area contributed by atoms with Crippen molar-refractivity contribution < 1.29 is 9.53 Å². The maximum Gasteiger partial charge on any atom is 0.318 e. The molecule has 2 aromatic rings. The van der Waals surface area contributed by atoms with Crippen LogP contribution in [0.2, 0.25) is 5.02 Å². The van der Waals surface area contributed by atoms with Gasteiger partial charge >= 0.3 is 6.03 Å². The first-order chi connectivity index (χ1) is 14.5. The topological polar surface area (TPSA) is 72.3 Å². The van der Waals surface area contributed by atoms with Crippen molar-refractivity contribution in [3.05, 3.63) is 46.5 Å². The van der Waals surface area contributed by atoms with Crippen molar-refractivity contribution in [2.75, 3.05) is 13.7 Å². The van der Waals surface area contributed by atoms with E-state index in [9.17, 15) is 4.79 Å². The Morgan fingerprint density at radius 3 is 2.60 bits per heavy atom. The van der Waals surface area contributed by atoms with Gasteiger partial charge in [-0.15, -0.1) is 10.2 Å². The van der Waals surface area contributed by atoms with Crippen LogP contribution in [0, 0.1) is 6.92 Å². The average Bonchev–Trinajstić information content (AvgIpc) is 3.37. The number of methoxy groups -OCH3 is 1. The number of halogens is 1. The summed E-state index contributed by atoms with van der Waals surface area (Å²) in [6, 6.07) is 8.00. The van der Waals surface area contributed by atoms with Gasteiger partial charge in [0.2, 0.25) is 0 Å². The van der Waals surface area contributed by atoms with Crippen LogP contribution in [0.25, 0.3) is 0 Å². The highest BCUT2D eigenvalue weighted by atomic mass is 35.5. The fourth-order valence-corrected chi connectivity index (χ4v) is 4.72. The highest BCUT2D eigenvalue weighted by Gasteiger charge is 2.35. The minimum atomic E-state index is -0.0474. The molecule has 162 valence electrons. The SMILES string of the molecule is COC1CCC(NC(=O)N2CCC[C@@H]2c2nnc(C)n2Cc2ccc(Cl)cc2)CC1. The summed E-state index contributed by atoms with van der Waals surface area (Å²) in [6.45, 7) is 3.37. The molecule has 1 N–H and O–H groups in total. The van der Waals surface area contributed by atoms with Gasteiger partial charge in [-0.05, 0) is 63.1 Å². The Balaban J connectivity index is 1.46. The lowest BCUT2D eigenvalue weighted by atomic mass is 9.93. The first-order valence-corrected chi connectivity index (χ1v) is 11.2. The van der Waals surface area contributed by atoms with Crippen molar-refractivity contribution >= 4 is 17.6 Å². The van der Waals surface area contributed by atoms with E-state index in [2.05, 4.69) is 20.1 Å². The Labute approximate surface area is 182 Å². The largest absolute Gasteiger partial charge is 0.381 e. The Morgan fingerprint density at radius 2 is 1.90 bits per heavy atom. The maximum absolute atomic E-state index is 13.1. The van der Waals surface area contributed by atoms with E-state index in [4.69, 9.17) is 16.3 Å². The molecule has 2 aliphatic rings. The number of hydrogen-bond donors (Lipinski definition) is 1.